The van der Waals surface area contributed by atoms with E-state index in [-0.39, 0.29) is 24.1 Å². The molecule has 0 atom stereocenters. The number of hydrogen-bond acceptors (Lipinski definition) is 6. The van der Waals surface area contributed by atoms with Crippen molar-refractivity contribution in [1.29, 1.82) is 0 Å². The van der Waals surface area contributed by atoms with E-state index in [9.17, 15) is 9.59 Å². The lowest BCUT2D eigenvalue weighted by Crippen LogP contribution is -2.49. The first-order valence-electron chi connectivity index (χ1n) is 16.2. The average Bonchev–Trinajstić information content (AvgIpc) is 3.71. The van der Waals surface area contributed by atoms with Crippen LogP contribution in [0, 0.1) is 6.92 Å². The molecule has 0 unspecified atom stereocenters. The first kappa shape index (κ1) is 30.1. The Morgan fingerprint density at radius 3 is 2.39 bits per heavy atom. The van der Waals surface area contributed by atoms with Crippen molar-refractivity contribution in [1.82, 2.24) is 30.0 Å². The third kappa shape index (κ3) is 6.02. The minimum absolute atomic E-state index is 0.115. The molecule has 1 saturated carbocycles. The maximum atomic E-state index is 13.9. The number of pyridine rings is 2. The van der Waals surface area contributed by atoms with Gasteiger partial charge in [-0.2, -0.15) is 5.10 Å². The maximum absolute atomic E-state index is 13.9. The predicted molar refractivity (Wildman–Crippen MR) is 176 cm³/mol. The van der Waals surface area contributed by atoms with Crippen molar-refractivity contribution in [2.75, 3.05) is 31.1 Å². The summed E-state index contributed by atoms with van der Waals surface area (Å²) in [5, 5.41) is 8.51. The minimum Gasteiger partial charge on any atom is -0.354 e. The Balaban J connectivity index is 1.29. The van der Waals surface area contributed by atoms with Gasteiger partial charge in [-0.05, 0) is 94.8 Å². The number of fused-ring (bicyclic) bond motifs is 1. The number of rotatable bonds is 8. The highest BCUT2D eigenvalue weighted by atomic mass is 16.1. The Kier molecular flexibility index (Phi) is 8.58. The summed E-state index contributed by atoms with van der Waals surface area (Å²) in [5.74, 6) is 1.13. The van der Waals surface area contributed by atoms with Crippen LogP contribution in [0.5, 0.6) is 0 Å². The molecule has 0 spiro atoms. The van der Waals surface area contributed by atoms with Gasteiger partial charge in [-0.15, -0.1) is 0 Å². The number of carbonyl (C=O) groups is 1. The number of nitrogens with zero attached hydrogens (tertiary/aromatic N) is 5. The number of carbonyl (C=O) groups excluding carboxylic acids is 1. The van der Waals surface area contributed by atoms with Crippen LogP contribution in [0.1, 0.15) is 92.5 Å². The molecule has 1 aromatic carbocycles. The van der Waals surface area contributed by atoms with Crippen LogP contribution in [0.4, 0.5) is 5.82 Å². The van der Waals surface area contributed by atoms with Crippen molar-refractivity contribution in [3.8, 4) is 11.1 Å². The smallest absolute Gasteiger partial charge is 0.253 e. The van der Waals surface area contributed by atoms with Gasteiger partial charge in [-0.1, -0.05) is 12.8 Å². The lowest BCUT2D eigenvalue weighted by atomic mass is 9.93. The molecule has 1 saturated heterocycles. The average molecular weight is 596 g/mol. The zero-order valence-electron chi connectivity index (χ0n) is 26.7. The van der Waals surface area contributed by atoms with Gasteiger partial charge in [-0.25, -0.2) is 4.98 Å². The van der Waals surface area contributed by atoms with E-state index < -0.39 is 0 Å². The van der Waals surface area contributed by atoms with Crippen molar-refractivity contribution in [3.63, 3.8) is 0 Å². The third-order valence-electron chi connectivity index (χ3n) is 9.43. The third-order valence-corrected chi connectivity index (χ3v) is 9.43. The standard InChI is InChI=1S/C35H45N7O2/c1-22(2)40-12-14-41(15-13-40)33-11-10-26(19-36-33)27-17-29(30-21-38-42(23(3)4)32(30)18-27)34(43)37-20-31-28(25-8-6-7-9-25)16-24(5)39-35(31)44/h10-11,16-19,21-23,25H,6-9,12-15,20H2,1-5H3,(H,37,43)(H,39,44). The van der Waals surface area contributed by atoms with E-state index in [2.05, 4.69) is 77.2 Å². The Morgan fingerprint density at radius 2 is 1.73 bits per heavy atom. The topological polar surface area (TPSA) is 99.2 Å². The Morgan fingerprint density at radius 1 is 0.977 bits per heavy atom. The van der Waals surface area contributed by atoms with E-state index in [0.29, 0.717) is 23.1 Å². The van der Waals surface area contributed by atoms with Gasteiger partial charge in [0.15, 0.2) is 0 Å². The molecule has 2 fully saturated rings. The summed E-state index contributed by atoms with van der Waals surface area (Å²) in [6.07, 6.45) is 8.20. The van der Waals surface area contributed by atoms with E-state index in [1.54, 1.807) is 6.20 Å². The Hall–Kier alpha value is -3.98. The molecule has 3 aromatic heterocycles. The quantitative estimate of drug-likeness (QED) is 0.267. The largest absolute Gasteiger partial charge is 0.354 e. The van der Waals surface area contributed by atoms with Gasteiger partial charge >= 0.3 is 0 Å². The van der Waals surface area contributed by atoms with Gasteiger partial charge in [0.1, 0.15) is 5.82 Å². The molecule has 232 valence electrons. The first-order valence-corrected chi connectivity index (χ1v) is 16.2. The molecule has 44 heavy (non-hydrogen) atoms. The lowest BCUT2D eigenvalue weighted by molar-refractivity contribution is 0.0952. The molecule has 2 aliphatic rings. The lowest BCUT2D eigenvalue weighted by Gasteiger charge is -2.37. The number of piperazine rings is 1. The van der Waals surface area contributed by atoms with Crippen molar-refractivity contribution in [2.45, 2.75) is 84.8 Å². The van der Waals surface area contributed by atoms with Gasteiger partial charge in [-0.3, -0.25) is 19.2 Å². The number of anilines is 1. The van der Waals surface area contributed by atoms with Crippen molar-refractivity contribution >= 4 is 22.6 Å². The van der Waals surface area contributed by atoms with E-state index in [0.717, 1.165) is 78.1 Å². The molecule has 9 heteroatoms. The molecule has 4 aromatic rings. The molecule has 9 nitrogen and oxygen atoms in total. The second-order valence-electron chi connectivity index (χ2n) is 13.0. The van der Waals surface area contributed by atoms with Crippen LogP contribution in [-0.4, -0.2) is 62.8 Å². The highest BCUT2D eigenvalue weighted by molar-refractivity contribution is 6.08. The fraction of sp³-hybridized carbons (Fsp3) is 0.486. The number of benzene rings is 1. The zero-order valence-corrected chi connectivity index (χ0v) is 26.7. The second-order valence-corrected chi connectivity index (χ2v) is 13.0. The summed E-state index contributed by atoms with van der Waals surface area (Å²) in [7, 11) is 0. The molecule has 1 amide bonds. The summed E-state index contributed by atoms with van der Waals surface area (Å²) in [6, 6.07) is 11.0. The van der Waals surface area contributed by atoms with Crippen molar-refractivity contribution < 1.29 is 4.79 Å². The Labute approximate surface area is 259 Å². The van der Waals surface area contributed by atoms with E-state index in [1.165, 1.54) is 12.8 Å². The van der Waals surface area contributed by atoms with Crippen LogP contribution in [0.3, 0.4) is 0 Å². The molecule has 0 bridgehead atoms. The van der Waals surface area contributed by atoms with Crippen LogP contribution in [-0.2, 0) is 6.54 Å². The monoisotopic (exact) mass is 595 g/mol. The van der Waals surface area contributed by atoms with Gasteiger partial charge in [0.2, 0.25) is 0 Å². The van der Waals surface area contributed by atoms with Gasteiger partial charge < -0.3 is 15.2 Å². The summed E-state index contributed by atoms with van der Waals surface area (Å²) < 4.78 is 1.95. The summed E-state index contributed by atoms with van der Waals surface area (Å²) in [4.78, 5) is 39.5. The number of amides is 1. The second kappa shape index (κ2) is 12.6. The van der Waals surface area contributed by atoms with Gasteiger partial charge in [0.05, 0.1) is 17.3 Å². The van der Waals surface area contributed by atoms with Crippen LogP contribution < -0.4 is 15.8 Å². The van der Waals surface area contributed by atoms with Crippen LogP contribution >= 0.6 is 0 Å². The fourth-order valence-corrected chi connectivity index (χ4v) is 6.91. The van der Waals surface area contributed by atoms with Gasteiger partial charge in [0, 0.05) is 73.2 Å². The first-order chi connectivity index (χ1) is 21.2. The SMILES string of the molecule is Cc1cc(C2CCCC2)c(CNC(=O)c2cc(-c3ccc(N4CCN(C(C)C)CC4)nc3)cc3c2cnn3C(C)C)c(=O)[nH]1. The maximum Gasteiger partial charge on any atom is 0.253 e. The van der Waals surface area contributed by atoms with E-state index in [1.807, 2.05) is 23.9 Å². The summed E-state index contributed by atoms with van der Waals surface area (Å²) in [5.41, 5.74) is 5.78. The zero-order chi connectivity index (χ0) is 31.0. The highest BCUT2D eigenvalue weighted by Crippen LogP contribution is 2.35. The summed E-state index contributed by atoms with van der Waals surface area (Å²) in [6.45, 7) is 14.8. The summed E-state index contributed by atoms with van der Waals surface area (Å²) >= 11 is 0. The predicted octanol–water partition coefficient (Wildman–Crippen LogP) is 5.79. The number of aryl methyl sites for hydroxylation is 1. The van der Waals surface area contributed by atoms with Gasteiger partial charge in [0.25, 0.3) is 11.5 Å². The van der Waals surface area contributed by atoms with Crippen LogP contribution in [0.15, 0.2) is 47.5 Å². The molecule has 1 aliphatic carbocycles. The molecule has 1 aliphatic heterocycles. The van der Waals surface area contributed by atoms with Crippen LogP contribution in [0.25, 0.3) is 22.0 Å². The number of aromatic amines is 1. The number of hydrogen-bond donors (Lipinski definition) is 2. The number of H-pyrrole nitrogens is 1. The minimum atomic E-state index is -0.217. The molecule has 2 N–H and O–H groups in total. The van der Waals surface area contributed by atoms with Crippen molar-refractivity contribution in [3.05, 3.63) is 75.5 Å². The molecule has 4 heterocycles. The molecular formula is C35H45N7O2. The normalized spacial score (nSPS) is 16.5. The highest BCUT2D eigenvalue weighted by Gasteiger charge is 2.24. The van der Waals surface area contributed by atoms with E-state index >= 15 is 0 Å². The molecule has 6 rings (SSSR count). The van der Waals surface area contributed by atoms with E-state index in [4.69, 9.17) is 4.98 Å². The molecular weight excluding hydrogens is 550 g/mol. The molecule has 0 radical (unpaired) electrons. The fourth-order valence-electron chi connectivity index (χ4n) is 6.91. The Bertz CT molecular complexity index is 1690. The number of nitrogens with one attached hydrogen (secondary N) is 2. The van der Waals surface area contributed by atoms with Crippen molar-refractivity contribution in [2.24, 2.45) is 0 Å². The number of aromatic nitrogens is 4. The van der Waals surface area contributed by atoms with Crippen LogP contribution in [0.2, 0.25) is 0 Å².